The quantitative estimate of drug-likeness (QED) is 0.313. The van der Waals surface area contributed by atoms with E-state index in [2.05, 4.69) is 15.1 Å². The predicted molar refractivity (Wildman–Crippen MR) is 129 cm³/mol. The molecule has 33 heavy (non-hydrogen) atoms. The minimum atomic E-state index is -0.256. The SMILES string of the molecule is COc1ccc(N2C(=O)/C(=C\c3cccs3)N=C2SCc2nc(-c3ccco3)no2)cc1Cl. The number of thiophene rings is 1. The Kier molecular flexibility index (Phi) is 6.03. The van der Waals surface area contributed by atoms with Gasteiger partial charge in [0.15, 0.2) is 10.9 Å². The summed E-state index contributed by atoms with van der Waals surface area (Å²) in [5.74, 6) is 1.82. The van der Waals surface area contributed by atoms with Crippen LogP contribution in [-0.4, -0.2) is 28.3 Å². The third kappa shape index (κ3) is 4.45. The lowest BCUT2D eigenvalue weighted by Gasteiger charge is -2.18. The number of amides is 1. The second kappa shape index (κ2) is 9.26. The molecule has 8 nitrogen and oxygen atoms in total. The van der Waals surface area contributed by atoms with Crippen molar-refractivity contribution >= 4 is 57.5 Å². The number of furan rings is 1. The van der Waals surface area contributed by atoms with Crippen LogP contribution < -0.4 is 9.64 Å². The zero-order valence-corrected chi connectivity index (χ0v) is 19.5. The average Bonchev–Trinajstić information content (AvgIpc) is 3.61. The van der Waals surface area contributed by atoms with E-state index in [9.17, 15) is 4.79 Å². The van der Waals surface area contributed by atoms with E-state index < -0.39 is 0 Å². The first-order chi connectivity index (χ1) is 16.1. The molecule has 0 unspecified atom stereocenters. The summed E-state index contributed by atoms with van der Waals surface area (Å²) in [6, 6.07) is 12.5. The van der Waals surface area contributed by atoms with Crippen molar-refractivity contribution in [1.29, 1.82) is 0 Å². The number of aromatic nitrogens is 2. The number of carbonyl (C=O) groups is 1. The normalized spacial score (nSPS) is 14.8. The van der Waals surface area contributed by atoms with Gasteiger partial charge in [-0.15, -0.1) is 11.3 Å². The Balaban J connectivity index is 1.43. The summed E-state index contributed by atoms with van der Waals surface area (Å²) >= 11 is 9.14. The average molecular weight is 499 g/mol. The molecule has 1 aliphatic heterocycles. The number of aliphatic imine (C=N–C) groups is 1. The van der Waals surface area contributed by atoms with Crippen LogP contribution in [0, 0.1) is 0 Å². The first-order valence-corrected chi connectivity index (χ1v) is 11.9. The number of rotatable bonds is 6. The van der Waals surface area contributed by atoms with Gasteiger partial charge in [0.2, 0.25) is 11.7 Å². The second-order valence-electron chi connectivity index (χ2n) is 6.68. The number of halogens is 1. The summed E-state index contributed by atoms with van der Waals surface area (Å²) in [6.07, 6.45) is 3.30. The second-order valence-corrected chi connectivity index (χ2v) is 9.01. The number of carbonyl (C=O) groups excluding carboxylic acids is 1. The van der Waals surface area contributed by atoms with Crippen LogP contribution in [0.4, 0.5) is 5.69 Å². The zero-order valence-electron chi connectivity index (χ0n) is 17.1. The van der Waals surface area contributed by atoms with Crippen molar-refractivity contribution in [2.75, 3.05) is 12.0 Å². The predicted octanol–water partition coefficient (Wildman–Crippen LogP) is 5.73. The van der Waals surface area contributed by atoms with Gasteiger partial charge in [-0.3, -0.25) is 9.69 Å². The Labute approximate surface area is 201 Å². The third-order valence-electron chi connectivity index (χ3n) is 4.58. The maximum Gasteiger partial charge on any atom is 0.283 e. The van der Waals surface area contributed by atoms with E-state index in [4.69, 9.17) is 25.3 Å². The largest absolute Gasteiger partial charge is 0.495 e. The van der Waals surface area contributed by atoms with Crippen LogP contribution in [-0.2, 0) is 10.5 Å². The molecule has 1 aliphatic rings. The van der Waals surface area contributed by atoms with Crippen molar-refractivity contribution in [3.05, 3.63) is 75.6 Å². The minimum Gasteiger partial charge on any atom is -0.495 e. The number of hydrogen-bond acceptors (Lipinski definition) is 9. The lowest BCUT2D eigenvalue weighted by atomic mass is 10.2. The lowest BCUT2D eigenvalue weighted by Crippen LogP contribution is -2.30. The van der Waals surface area contributed by atoms with Crippen molar-refractivity contribution < 1.29 is 18.5 Å². The van der Waals surface area contributed by atoms with Crippen LogP contribution in [0.3, 0.4) is 0 Å². The highest BCUT2D eigenvalue weighted by atomic mass is 35.5. The summed E-state index contributed by atoms with van der Waals surface area (Å²) in [6.45, 7) is 0. The standard InChI is InChI=1S/C22H15ClN4O4S2/c1-29-17-7-6-13(10-15(17)23)27-21(28)16(11-14-4-3-9-32-14)24-22(27)33-12-19-25-20(26-31-19)18-5-2-8-30-18/h2-11H,12H2,1H3/b16-11+. The molecule has 0 bridgehead atoms. The van der Waals surface area contributed by atoms with Gasteiger partial charge >= 0.3 is 0 Å². The van der Waals surface area contributed by atoms with Crippen molar-refractivity contribution in [1.82, 2.24) is 10.1 Å². The van der Waals surface area contributed by atoms with Crippen molar-refractivity contribution in [3.8, 4) is 17.3 Å². The molecular weight excluding hydrogens is 484 g/mol. The molecule has 5 rings (SSSR count). The monoisotopic (exact) mass is 498 g/mol. The van der Waals surface area contributed by atoms with Gasteiger partial charge in [-0.1, -0.05) is 34.6 Å². The molecule has 0 atom stereocenters. The molecule has 4 heterocycles. The smallest absolute Gasteiger partial charge is 0.283 e. The molecule has 0 saturated heterocycles. The molecule has 0 aliphatic carbocycles. The van der Waals surface area contributed by atoms with E-state index in [-0.39, 0.29) is 5.91 Å². The van der Waals surface area contributed by atoms with Gasteiger partial charge in [-0.05, 0) is 47.9 Å². The Morgan fingerprint density at radius 1 is 1.27 bits per heavy atom. The van der Waals surface area contributed by atoms with Gasteiger partial charge in [-0.25, -0.2) is 4.99 Å². The van der Waals surface area contributed by atoms with E-state index in [1.807, 2.05) is 17.5 Å². The molecule has 166 valence electrons. The van der Waals surface area contributed by atoms with Gasteiger partial charge in [0.25, 0.3) is 5.91 Å². The van der Waals surface area contributed by atoms with Crippen molar-refractivity contribution in [2.24, 2.45) is 4.99 Å². The van der Waals surface area contributed by atoms with Crippen molar-refractivity contribution in [3.63, 3.8) is 0 Å². The van der Waals surface area contributed by atoms with Crippen LogP contribution >= 0.6 is 34.7 Å². The number of ether oxygens (including phenoxy) is 1. The first-order valence-electron chi connectivity index (χ1n) is 9.63. The fourth-order valence-electron chi connectivity index (χ4n) is 3.07. The lowest BCUT2D eigenvalue weighted by molar-refractivity contribution is -0.113. The Bertz CT molecular complexity index is 1350. The molecule has 0 spiro atoms. The maximum absolute atomic E-state index is 13.3. The Morgan fingerprint density at radius 3 is 2.91 bits per heavy atom. The van der Waals surface area contributed by atoms with Crippen molar-refractivity contribution in [2.45, 2.75) is 5.75 Å². The number of nitrogens with zero attached hydrogens (tertiary/aromatic N) is 4. The zero-order chi connectivity index (χ0) is 22.8. The fourth-order valence-corrected chi connectivity index (χ4v) is 4.82. The highest BCUT2D eigenvalue weighted by molar-refractivity contribution is 8.13. The van der Waals surface area contributed by atoms with Crippen LogP contribution in [0.1, 0.15) is 10.8 Å². The Hall–Kier alpha value is -3.34. The molecule has 0 fully saturated rings. The molecule has 4 aromatic rings. The van der Waals surface area contributed by atoms with Crippen LogP contribution in [0.15, 0.2) is 73.7 Å². The first kappa shape index (κ1) is 21.5. The number of amidine groups is 1. The number of benzene rings is 1. The van der Waals surface area contributed by atoms with Crippen LogP contribution in [0.2, 0.25) is 5.02 Å². The molecular formula is C22H15ClN4O4S2. The topological polar surface area (TPSA) is 94.0 Å². The molecule has 3 aromatic heterocycles. The summed E-state index contributed by atoms with van der Waals surface area (Å²) in [5, 5.41) is 6.74. The van der Waals surface area contributed by atoms with Crippen LogP contribution in [0.25, 0.3) is 17.7 Å². The van der Waals surface area contributed by atoms with E-state index in [1.54, 1.807) is 36.4 Å². The molecule has 0 N–H and O–H groups in total. The van der Waals surface area contributed by atoms with Gasteiger partial charge in [0, 0.05) is 4.88 Å². The molecule has 0 radical (unpaired) electrons. The minimum absolute atomic E-state index is 0.256. The van der Waals surface area contributed by atoms with E-state index >= 15 is 0 Å². The number of methoxy groups -OCH3 is 1. The molecule has 0 saturated carbocycles. The van der Waals surface area contributed by atoms with E-state index in [0.29, 0.717) is 50.6 Å². The highest BCUT2D eigenvalue weighted by Crippen LogP contribution is 2.35. The maximum atomic E-state index is 13.3. The van der Waals surface area contributed by atoms with E-state index in [1.165, 1.54) is 41.4 Å². The van der Waals surface area contributed by atoms with Gasteiger partial charge in [0.05, 0.1) is 29.8 Å². The summed E-state index contributed by atoms with van der Waals surface area (Å²) in [5.41, 5.74) is 0.905. The number of thioether (sulfide) groups is 1. The van der Waals surface area contributed by atoms with Gasteiger partial charge < -0.3 is 13.7 Å². The summed E-state index contributed by atoms with van der Waals surface area (Å²) < 4.78 is 15.9. The Morgan fingerprint density at radius 2 is 2.18 bits per heavy atom. The van der Waals surface area contributed by atoms with Gasteiger partial charge in [-0.2, -0.15) is 4.98 Å². The van der Waals surface area contributed by atoms with E-state index in [0.717, 1.165) is 4.88 Å². The molecule has 11 heteroatoms. The highest BCUT2D eigenvalue weighted by Gasteiger charge is 2.33. The number of hydrogen-bond donors (Lipinski definition) is 0. The van der Waals surface area contributed by atoms with Gasteiger partial charge in [0.1, 0.15) is 11.4 Å². The molecule has 1 aromatic carbocycles. The summed E-state index contributed by atoms with van der Waals surface area (Å²) in [7, 11) is 1.54. The summed E-state index contributed by atoms with van der Waals surface area (Å²) in [4.78, 5) is 24.7. The fraction of sp³-hybridized carbons (Fsp3) is 0.0909. The third-order valence-corrected chi connectivity index (χ3v) is 6.62. The number of anilines is 1. The molecule has 1 amide bonds. The van der Waals surface area contributed by atoms with Crippen LogP contribution in [0.5, 0.6) is 5.75 Å².